The topological polar surface area (TPSA) is 107 Å². The summed E-state index contributed by atoms with van der Waals surface area (Å²) in [6, 6.07) is 16.7. The molecule has 0 saturated carbocycles. The molecule has 0 bridgehead atoms. The van der Waals surface area contributed by atoms with Crippen LogP contribution in [-0.2, 0) is 22.6 Å². The van der Waals surface area contributed by atoms with Crippen molar-refractivity contribution in [3.05, 3.63) is 78.0 Å². The zero-order chi connectivity index (χ0) is 24.5. The van der Waals surface area contributed by atoms with Gasteiger partial charge in [0.2, 0.25) is 0 Å². The minimum atomic E-state index is -3.66. The van der Waals surface area contributed by atoms with E-state index in [9.17, 15) is 13.2 Å². The molecule has 1 amide bonds. The summed E-state index contributed by atoms with van der Waals surface area (Å²) in [5.41, 5.74) is 5.14. The quantitative estimate of drug-likeness (QED) is 0.306. The van der Waals surface area contributed by atoms with Crippen molar-refractivity contribution in [1.29, 1.82) is 0 Å². The molecule has 0 aliphatic heterocycles. The van der Waals surface area contributed by atoms with Crippen LogP contribution < -0.4 is 15.0 Å². The van der Waals surface area contributed by atoms with Crippen molar-refractivity contribution >= 4 is 26.6 Å². The monoisotopic (exact) mass is 480 g/mol. The summed E-state index contributed by atoms with van der Waals surface area (Å²) in [5, 5.41) is 9.64. The Bertz CT molecular complexity index is 1470. The van der Waals surface area contributed by atoms with Gasteiger partial charge in [0.1, 0.15) is 0 Å². The molecule has 0 aliphatic rings. The average Bonchev–Trinajstić information content (AvgIpc) is 3.18. The van der Waals surface area contributed by atoms with Gasteiger partial charge in [-0.1, -0.05) is 12.1 Å². The molecule has 0 unspecified atom stereocenters. The third-order valence-corrected chi connectivity index (χ3v) is 7.39. The van der Waals surface area contributed by atoms with Crippen LogP contribution in [0.25, 0.3) is 22.0 Å². The fourth-order valence-electron chi connectivity index (χ4n) is 3.94. The van der Waals surface area contributed by atoms with Gasteiger partial charge in [-0.05, 0) is 59.7 Å². The molecule has 0 radical (unpaired) electrons. The lowest BCUT2D eigenvalue weighted by atomic mass is 10.0. The van der Waals surface area contributed by atoms with Gasteiger partial charge < -0.3 is 14.0 Å². The first-order valence-corrected chi connectivity index (χ1v) is 12.0. The summed E-state index contributed by atoms with van der Waals surface area (Å²) in [6.45, 7) is 0. The maximum atomic E-state index is 13.0. The summed E-state index contributed by atoms with van der Waals surface area (Å²) < 4.78 is 38.8. The number of carbonyl (C=O) groups excluding carboxylic acids is 1. The Labute approximate surface area is 197 Å². The number of hydrogen-bond donors (Lipinski definition) is 2. The van der Waals surface area contributed by atoms with Gasteiger partial charge in [0.15, 0.2) is 21.3 Å². The van der Waals surface area contributed by atoms with Crippen LogP contribution in [0.3, 0.4) is 0 Å². The number of aromatic nitrogens is 1. The molecule has 1 aromatic heterocycles. The van der Waals surface area contributed by atoms with E-state index in [1.165, 1.54) is 29.7 Å². The van der Waals surface area contributed by atoms with Crippen LogP contribution in [0.15, 0.2) is 71.8 Å². The number of aryl methyl sites for hydroxylation is 1. The molecule has 3 aromatic carbocycles. The second-order valence-corrected chi connectivity index (χ2v) is 9.79. The predicted molar refractivity (Wildman–Crippen MR) is 128 cm³/mol. The molecular formula is C25H24N2O6S. The Kier molecular flexibility index (Phi) is 6.32. The third-order valence-electron chi connectivity index (χ3n) is 5.68. The Morgan fingerprint density at radius 2 is 1.68 bits per heavy atom. The lowest BCUT2D eigenvalue weighted by Gasteiger charge is -2.10. The fourth-order valence-corrected chi connectivity index (χ4v) is 5.28. The number of fused-ring (bicyclic) bond motifs is 1. The van der Waals surface area contributed by atoms with Crippen molar-refractivity contribution in [2.45, 2.75) is 10.6 Å². The highest BCUT2D eigenvalue weighted by atomic mass is 32.2. The zero-order valence-electron chi connectivity index (χ0n) is 18.9. The molecule has 0 aliphatic carbocycles. The number of hydroxylamine groups is 1. The number of rotatable bonds is 7. The molecule has 4 aromatic rings. The molecule has 0 fully saturated rings. The van der Waals surface area contributed by atoms with Gasteiger partial charge in [-0.2, -0.15) is 0 Å². The second-order valence-electron chi connectivity index (χ2n) is 7.80. The van der Waals surface area contributed by atoms with Crippen LogP contribution >= 0.6 is 0 Å². The summed E-state index contributed by atoms with van der Waals surface area (Å²) in [7, 11) is 1.44. The van der Waals surface area contributed by atoms with Crippen molar-refractivity contribution in [2.75, 3.05) is 14.2 Å². The third kappa shape index (κ3) is 4.35. The molecule has 1 heterocycles. The van der Waals surface area contributed by atoms with Gasteiger partial charge in [0.05, 0.1) is 24.9 Å². The summed E-state index contributed by atoms with van der Waals surface area (Å²) >= 11 is 0. The van der Waals surface area contributed by atoms with Crippen LogP contribution in [0, 0.1) is 0 Å². The Hall–Kier alpha value is -3.82. The SMILES string of the molecule is COc1ccc(-c2cn(C)c3ccc(CS(=O)(=O)c4ccc(C(=O)NO)cc4)cc23)cc1OC. The number of methoxy groups -OCH3 is 2. The van der Waals surface area contributed by atoms with Gasteiger partial charge in [-0.15, -0.1) is 0 Å². The van der Waals surface area contributed by atoms with E-state index in [4.69, 9.17) is 14.7 Å². The molecule has 34 heavy (non-hydrogen) atoms. The second kappa shape index (κ2) is 9.20. The highest BCUT2D eigenvalue weighted by Gasteiger charge is 2.18. The van der Waals surface area contributed by atoms with Gasteiger partial charge >= 0.3 is 0 Å². The number of nitrogens with zero attached hydrogens (tertiary/aromatic N) is 1. The van der Waals surface area contributed by atoms with Crippen molar-refractivity contribution in [1.82, 2.24) is 10.0 Å². The van der Waals surface area contributed by atoms with Gasteiger partial charge in [-0.3, -0.25) is 10.0 Å². The summed E-state index contributed by atoms with van der Waals surface area (Å²) in [5.74, 6) is 0.324. The Balaban J connectivity index is 1.71. The molecular weight excluding hydrogens is 456 g/mol. The number of amides is 1. The molecule has 4 rings (SSSR count). The van der Waals surface area contributed by atoms with Crippen LogP contribution in [0.1, 0.15) is 15.9 Å². The smallest absolute Gasteiger partial charge is 0.274 e. The van der Waals surface area contributed by atoms with Crippen molar-refractivity contribution in [2.24, 2.45) is 7.05 Å². The minimum Gasteiger partial charge on any atom is -0.493 e. The lowest BCUT2D eigenvalue weighted by Crippen LogP contribution is -2.18. The first kappa shape index (κ1) is 23.3. The highest BCUT2D eigenvalue weighted by Crippen LogP contribution is 2.36. The first-order chi connectivity index (χ1) is 16.3. The van der Waals surface area contributed by atoms with E-state index in [0.29, 0.717) is 17.1 Å². The molecule has 0 atom stereocenters. The molecule has 0 spiro atoms. The standard InChI is InChI=1S/C25H24N2O6S/c1-27-14-21(18-7-11-23(32-2)24(13-18)33-3)20-12-16(4-10-22(20)27)15-34(30,31)19-8-5-17(6-9-19)25(28)26-29/h4-14,29H,15H2,1-3H3,(H,26,28). The van der Waals surface area contributed by atoms with Crippen LogP contribution in [0.4, 0.5) is 0 Å². The zero-order valence-corrected chi connectivity index (χ0v) is 19.7. The summed E-state index contributed by atoms with van der Waals surface area (Å²) in [4.78, 5) is 11.6. The normalized spacial score (nSPS) is 11.4. The van der Waals surface area contributed by atoms with Crippen LogP contribution in [0.2, 0.25) is 0 Å². The van der Waals surface area contributed by atoms with Gasteiger partial charge in [-0.25, -0.2) is 13.9 Å². The van der Waals surface area contributed by atoms with Crippen molar-refractivity contribution in [3.63, 3.8) is 0 Å². The maximum absolute atomic E-state index is 13.0. The van der Waals surface area contributed by atoms with Crippen LogP contribution in [-0.4, -0.2) is 38.3 Å². The van der Waals surface area contributed by atoms with Gasteiger partial charge in [0.25, 0.3) is 5.91 Å². The Morgan fingerprint density at radius 3 is 2.32 bits per heavy atom. The van der Waals surface area contributed by atoms with Crippen molar-refractivity contribution in [3.8, 4) is 22.6 Å². The number of benzene rings is 3. The van der Waals surface area contributed by atoms with E-state index in [-0.39, 0.29) is 16.2 Å². The number of nitrogens with one attached hydrogen (secondary N) is 1. The fraction of sp³-hybridized carbons (Fsp3) is 0.160. The Morgan fingerprint density at radius 1 is 0.971 bits per heavy atom. The van der Waals surface area contributed by atoms with Crippen molar-refractivity contribution < 1.29 is 27.9 Å². The maximum Gasteiger partial charge on any atom is 0.274 e. The van der Waals surface area contributed by atoms with Crippen LogP contribution in [0.5, 0.6) is 11.5 Å². The first-order valence-electron chi connectivity index (χ1n) is 10.3. The molecule has 0 saturated heterocycles. The predicted octanol–water partition coefficient (Wildman–Crippen LogP) is 3.96. The number of sulfone groups is 1. The number of ether oxygens (including phenoxy) is 2. The number of hydrogen-bond acceptors (Lipinski definition) is 6. The minimum absolute atomic E-state index is 0.0928. The lowest BCUT2D eigenvalue weighted by molar-refractivity contribution is 0.0706. The van der Waals surface area contributed by atoms with E-state index in [2.05, 4.69) is 0 Å². The van der Waals surface area contributed by atoms with E-state index in [1.807, 2.05) is 48.1 Å². The summed E-state index contributed by atoms with van der Waals surface area (Å²) in [6.07, 6.45) is 2.00. The molecule has 9 heteroatoms. The van der Waals surface area contributed by atoms with E-state index in [0.717, 1.165) is 22.0 Å². The molecule has 176 valence electrons. The van der Waals surface area contributed by atoms with Gasteiger partial charge in [0, 0.05) is 35.3 Å². The van der Waals surface area contributed by atoms with E-state index in [1.54, 1.807) is 20.3 Å². The highest BCUT2D eigenvalue weighted by molar-refractivity contribution is 7.90. The largest absolute Gasteiger partial charge is 0.493 e. The number of carbonyl (C=O) groups is 1. The average molecular weight is 481 g/mol. The van der Waals surface area contributed by atoms with E-state index >= 15 is 0 Å². The van der Waals surface area contributed by atoms with E-state index < -0.39 is 15.7 Å². The molecule has 2 N–H and O–H groups in total. The molecule has 8 nitrogen and oxygen atoms in total.